The summed E-state index contributed by atoms with van der Waals surface area (Å²) in [7, 11) is 0. The van der Waals surface area contributed by atoms with Crippen molar-refractivity contribution in [3.05, 3.63) is 317 Å². The third-order valence-corrected chi connectivity index (χ3v) is 31.6. The van der Waals surface area contributed by atoms with E-state index in [1.54, 1.807) is 68.0 Å². The van der Waals surface area contributed by atoms with Crippen LogP contribution in [0.15, 0.2) is 208 Å². The Bertz CT molecular complexity index is 7390. The number of nitrogens with zero attached hydrogens (tertiary/aromatic N) is 7. The van der Waals surface area contributed by atoms with E-state index >= 15 is 0 Å². The van der Waals surface area contributed by atoms with Crippen LogP contribution in [0.25, 0.3) is 21.8 Å². The van der Waals surface area contributed by atoms with Gasteiger partial charge in [-0.15, -0.1) is 68.0 Å². The average molecular weight is 1930 g/mol. The van der Waals surface area contributed by atoms with Gasteiger partial charge >= 0.3 is 0 Å². The third-order valence-electron chi connectivity index (χ3n) is 26.5. The molecule has 13 heterocycles. The number of rotatable bonds is 5. The molecule has 18 heteroatoms. The van der Waals surface area contributed by atoms with Gasteiger partial charge in [-0.05, 0) is 280 Å². The highest BCUT2D eigenvalue weighted by molar-refractivity contribution is 7.18. The summed E-state index contributed by atoms with van der Waals surface area (Å²) in [6.45, 7) is 66.8. The Balaban J connectivity index is 0.000000114. The van der Waals surface area contributed by atoms with Crippen LogP contribution in [0.1, 0.15) is 213 Å². The van der Waals surface area contributed by atoms with Gasteiger partial charge in [-0.3, -0.25) is 14.7 Å². The molecule has 702 valence electrons. The summed E-state index contributed by atoms with van der Waals surface area (Å²) in [6.07, 6.45) is 0. The molecule has 9 aromatic carbocycles. The molecule has 0 spiro atoms. The SMILES string of the molecule is Cc1cc(C(C)(C)C)cc(C)c1N1c2ccccc2Oc2c1nc1ccccc1c2C.Cc1cc(C(C)(C)C)cc(C)c1N1c2ccccc2Oc2cc3c(C)cccc3nc21.Cc1cc(C(C)(C)C)cc(C)c1N1c2cscc2Oc2c1csc2C.Cc1cc(C(C)(C)C)cc(C)c1N1c2cscc2Oc2csc(C)c21.Cc1cc2c(s1)N(c1c(C)cc(C(C)(C)C)cc1C)c1sccc1O2. The fourth-order valence-electron chi connectivity index (χ4n) is 19.4. The molecule has 0 saturated heterocycles. The van der Waals surface area contributed by atoms with Gasteiger partial charge < -0.3 is 33.5 Å². The van der Waals surface area contributed by atoms with Crippen LogP contribution < -0.4 is 48.2 Å². The van der Waals surface area contributed by atoms with E-state index in [9.17, 15) is 0 Å². The van der Waals surface area contributed by atoms with Crippen LogP contribution in [0, 0.1) is 104 Å². The smallest absolute Gasteiger partial charge is 0.182 e. The predicted molar refractivity (Wildman–Crippen MR) is 588 cm³/mol. The fourth-order valence-corrected chi connectivity index (χ4v) is 24.1. The largest absolute Gasteiger partial charge is 0.451 e. The van der Waals surface area contributed by atoms with Crippen LogP contribution >= 0.6 is 68.0 Å². The lowest BCUT2D eigenvalue weighted by molar-refractivity contribution is 0.471. The molecule has 0 radical (unpaired) electrons. The van der Waals surface area contributed by atoms with Crippen molar-refractivity contribution in [3.8, 4) is 57.5 Å². The number of benzene rings is 9. The Morgan fingerprint density at radius 1 is 0.255 bits per heavy atom. The summed E-state index contributed by atoms with van der Waals surface area (Å²) >= 11 is 10.4. The van der Waals surface area contributed by atoms with E-state index in [1.807, 2.05) is 30.3 Å². The van der Waals surface area contributed by atoms with Crippen molar-refractivity contribution in [2.75, 3.05) is 24.5 Å². The second-order valence-electron chi connectivity index (χ2n) is 42.4. The van der Waals surface area contributed by atoms with Crippen LogP contribution in [-0.2, 0) is 27.1 Å². The summed E-state index contributed by atoms with van der Waals surface area (Å²) in [6, 6.07) is 60.6. The predicted octanol–water partition coefficient (Wildman–Crippen LogP) is 38.9. The molecule has 22 rings (SSSR count). The first kappa shape index (κ1) is 95.3. The second kappa shape index (κ2) is 36.1. The van der Waals surface area contributed by atoms with Crippen LogP contribution in [0.4, 0.5) is 84.2 Å². The van der Waals surface area contributed by atoms with Gasteiger partial charge in [0.2, 0.25) is 0 Å². The number of hydrogen-bond donors (Lipinski definition) is 0. The maximum absolute atomic E-state index is 6.42. The molecular weight excluding hydrogens is 1800 g/mol. The van der Waals surface area contributed by atoms with Gasteiger partial charge in [-0.2, -0.15) is 0 Å². The zero-order valence-corrected chi connectivity index (χ0v) is 89.7. The molecule has 5 aliphatic heterocycles. The molecule has 0 N–H and O–H groups in total. The lowest BCUT2D eigenvalue weighted by Gasteiger charge is -2.35. The molecule has 12 nitrogen and oxygen atoms in total. The molecule has 0 aliphatic carbocycles. The summed E-state index contributed by atoms with van der Waals surface area (Å²) < 4.78 is 31.2. The van der Waals surface area contributed by atoms with Gasteiger partial charge in [0.1, 0.15) is 32.8 Å². The topological polar surface area (TPSA) is 88.1 Å². The van der Waals surface area contributed by atoms with Gasteiger partial charge in [-0.25, -0.2) is 9.97 Å². The van der Waals surface area contributed by atoms with Crippen molar-refractivity contribution in [2.45, 2.75) is 235 Å². The highest BCUT2D eigenvalue weighted by Crippen LogP contribution is 2.63. The Hall–Kier alpha value is -12.0. The van der Waals surface area contributed by atoms with Gasteiger partial charge in [-0.1, -0.05) is 219 Å². The van der Waals surface area contributed by atoms with Gasteiger partial charge in [0.15, 0.2) is 69.1 Å². The van der Waals surface area contributed by atoms with Crippen molar-refractivity contribution in [1.29, 1.82) is 0 Å². The maximum atomic E-state index is 6.42. The van der Waals surface area contributed by atoms with Crippen LogP contribution in [0.5, 0.6) is 57.5 Å². The Morgan fingerprint density at radius 2 is 0.657 bits per heavy atom. The van der Waals surface area contributed by atoms with Crippen molar-refractivity contribution < 1.29 is 23.7 Å². The van der Waals surface area contributed by atoms with Crippen LogP contribution in [0.3, 0.4) is 0 Å². The molecule has 5 aliphatic rings. The molecule has 0 bridgehead atoms. The third kappa shape index (κ3) is 17.9. The van der Waals surface area contributed by atoms with Crippen molar-refractivity contribution >= 4 is 174 Å². The minimum Gasteiger partial charge on any atom is -0.451 e. The monoisotopic (exact) mass is 1920 g/mol. The zero-order valence-electron chi connectivity index (χ0n) is 84.8. The number of fused-ring (bicyclic) bond motifs is 12. The van der Waals surface area contributed by atoms with E-state index in [-0.39, 0.29) is 27.1 Å². The number of aromatic nitrogens is 2. The Kier molecular flexibility index (Phi) is 25.1. The minimum atomic E-state index is 0.0971. The van der Waals surface area contributed by atoms with E-state index in [2.05, 4.69) is 409 Å². The summed E-state index contributed by atoms with van der Waals surface area (Å²) in [5.41, 5.74) is 37.4. The van der Waals surface area contributed by atoms with Gasteiger partial charge in [0, 0.05) is 63.2 Å². The van der Waals surface area contributed by atoms with E-state index < -0.39 is 0 Å². The van der Waals surface area contributed by atoms with Gasteiger partial charge in [0.25, 0.3) is 0 Å². The number of thiophene rings is 6. The minimum absolute atomic E-state index is 0.0971. The molecule has 8 aromatic heterocycles. The molecule has 17 aromatic rings. The summed E-state index contributed by atoms with van der Waals surface area (Å²) in [4.78, 5) is 25.7. The fraction of sp³-hybridized carbons (Fsp3) is 0.294. The normalized spacial score (nSPS) is 13.3. The molecule has 0 amide bonds. The molecule has 0 saturated carbocycles. The summed E-state index contributed by atoms with van der Waals surface area (Å²) in [5.74, 6) is 10.8. The van der Waals surface area contributed by atoms with Crippen molar-refractivity contribution in [3.63, 3.8) is 0 Å². The highest BCUT2D eigenvalue weighted by atomic mass is 32.1. The van der Waals surface area contributed by atoms with Gasteiger partial charge in [0.05, 0.1) is 50.8 Å². The van der Waals surface area contributed by atoms with Crippen molar-refractivity contribution in [1.82, 2.24) is 9.97 Å². The molecular formula is C119H125N7O5S6. The van der Waals surface area contributed by atoms with Crippen LogP contribution in [0.2, 0.25) is 0 Å². The van der Waals surface area contributed by atoms with Crippen molar-refractivity contribution in [2.24, 2.45) is 0 Å². The molecule has 137 heavy (non-hydrogen) atoms. The first-order valence-corrected chi connectivity index (χ1v) is 52.6. The van der Waals surface area contributed by atoms with Crippen LogP contribution in [-0.4, -0.2) is 9.97 Å². The van der Waals surface area contributed by atoms with E-state index in [4.69, 9.17) is 33.7 Å². The van der Waals surface area contributed by atoms with E-state index in [0.717, 1.165) is 125 Å². The average Bonchev–Trinajstić information content (AvgIpc) is 1.38. The lowest BCUT2D eigenvalue weighted by Crippen LogP contribution is -2.21. The zero-order chi connectivity index (χ0) is 97.6. The van der Waals surface area contributed by atoms with E-state index in [1.165, 1.54) is 148 Å². The number of anilines is 15. The highest BCUT2D eigenvalue weighted by Gasteiger charge is 2.39. The first-order chi connectivity index (χ1) is 64.8. The first-order valence-electron chi connectivity index (χ1n) is 47.2. The second-order valence-corrected chi connectivity index (χ2v) is 48.2. The standard InChI is InChI=1S/2C28H28N2O.3C21H23NOS2/c1-17-10-9-11-22-21(17)16-25-27(29-22)30(23-12-7-8-13-24(23)31-25)26-18(2)14-20(15-19(26)3)28(4,5)6;1-17-15-20(28(4,5)6)16-18(2)25(17)30-23-13-9-10-14-24(23)31-26-19(3)21-11-7-8-12-22(21)29-27(26)30;1-12-7-15(21(4,5)6)8-13(2)19(12)22-16-9-24-11-18(16)23-20-14(3)25-10-17(20)22;1-12-7-15(21(4,5)6)8-13(2)19(12)22-16-9-24-10-17(16)23-18-11-25-14(3)20(18)22;1-12-9-15(21(4,5)6)10-13(2)18(12)22-19-16(7-8-24-19)23-17-11-14(3)25-20(17)22/h2*7-16H,1-6H3;3*7-11H,1-6H3. The Labute approximate surface area is 834 Å². The number of hydrogen-bond acceptors (Lipinski definition) is 18. The number of ether oxygens (including phenoxy) is 5. The maximum Gasteiger partial charge on any atom is 0.182 e. The molecule has 0 atom stereocenters. The lowest BCUT2D eigenvalue weighted by atomic mass is 9.84. The number of pyridine rings is 2. The molecule has 0 fully saturated rings. The number of aryl methyl sites for hydroxylation is 15. The molecule has 0 unspecified atom stereocenters. The quantitative estimate of drug-likeness (QED) is 0.164. The van der Waals surface area contributed by atoms with E-state index in [0.29, 0.717) is 0 Å². The Morgan fingerprint density at radius 3 is 1.18 bits per heavy atom. The summed E-state index contributed by atoms with van der Waals surface area (Å²) in [5, 5.41) is 19.6. The number of para-hydroxylation sites is 5.